The van der Waals surface area contributed by atoms with Gasteiger partial charge in [0.2, 0.25) is 0 Å². The number of benzene rings is 2. The molecule has 0 fully saturated rings. The maximum absolute atomic E-state index is 12.7. The first-order valence-electron chi connectivity index (χ1n) is 9.33. The topological polar surface area (TPSA) is 94.8 Å². The zero-order chi connectivity index (χ0) is 22.1. The molecule has 0 aliphatic heterocycles. The van der Waals surface area contributed by atoms with E-state index in [0.29, 0.717) is 22.5 Å². The Hall–Kier alpha value is -2.78. The molecule has 30 heavy (non-hydrogen) atoms. The SMILES string of the molecule is CCn1c(=NC(=O)c2ccc(S(=O)(=O)C(C)C)cc2)sc2cc(C(=O)OC)ccc21. The fraction of sp³-hybridized carbons (Fsp3) is 0.286. The van der Waals surface area contributed by atoms with Crippen molar-refractivity contribution in [2.45, 2.75) is 37.5 Å². The molecule has 0 atom stereocenters. The highest BCUT2D eigenvalue weighted by atomic mass is 32.2. The summed E-state index contributed by atoms with van der Waals surface area (Å²) < 4.78 is 31.9. The Labute approximate surface area is 178 Å². The predicted octanol–water partition coefficient (Wildman–Crippen LogP) is 3.43. The van der Waals surface area contributed by atoms with Gasteiger partial charge in [-0.3, -0.25) is 4.79 Å². The Morgan fingerprint density at radius 2 is 1.73 bits per heavy atom. The van der Waals surface area contributed by atoms with Gasteiger partial charge >= 0.3 is 5.97 Å². The van der Waals surface area contributed by atoms with Crippen LogP contribution in [0.2, 0.25) is 0 Å². The molecular weight excluding hydrogens is 424 g/mol. The molecule has 0 bridgehead atoms. The van der Waals surface area contributed by atoms with E-state index in [4.69, 9.17) is 4.74 Å². The van der Waals surface area contributed by atoms with Gasteiger partial charge in [-0.2, -0.15) is 4.99 Å². The third-order valence-corrected chi connectivity index (χ3v) is 7.88. The average Bonchev–Trinajstić information content (AvgIpc) is 3.08. The highest BCUT2D eigenvalue weighted by Crippen LogP contribution is 2.20. The Morgan fingerprint density at radius 3 is 2.30 bits per heavy atom. The van der Waals surface area contributed by atoms with Gasteiger partial charge in [0, 0.05) is 12.1 Å². The van der Waals surface area contributed by atoms with Crippen LogP contribution in [0.3, 0.4) is 0 Å². The summed E-state index contributed by atoms with van der Waals surface area (Å²) >= 11 is 1.30. The van der Waals surface area contributed by atoms with Crippen LogP contribution in [0.5, 0.6) is 0 Å². The van der Waals surface area contributed by atoms with Crippen LogP contribution in [-0.2, 0) is 21.1 Å². The van der Waals surface area contributed by atoms with Crippen molar-refractivity contribution in [1.29, 1.82) is 0 Å². The molecule has 9 heteroatoms. The zero-order valence-electron chi connectivity index (χ0n) is 17.1. The molecule has 0 spiro atoms. The van der Waals surface area contributed by atoms with Crippen LogP contribution in [0.25, 0.3) is 10.2 Å². The summed E-state index contributed by atoms with van der Waals surface area (Å²) in [4.78, 5) is 29.4. The van der Waals surface area contributed by atoms with E-state index in [1.165, 1.54) is 42.7 Å². The summed E-state index contributed by atoms with van der Waals surface area (Å²) in [6.07, 6.45) is 0. The summed E-state index contributed by atoms with van der Waals surface area (Å²) in [5.41, 5.74) is 1.59. The number of carbonyl (C=O) groups is 2. The molecule has 0 aliphatic rings. The summed E-state index contributed by atoms with van der Waals surface area (Å²) in [6, 6.07) is 11.0. The number of ether oxygens (including phenoxy) is 1. The Kier molecular flexibility index (Phi) is 6.23. The van der Waals surface area contributed by atoms with Crippen molar-refractivity contribution in [3.8, 4) is 0 Å². The van der Waals surface area contributed by atoms with E-state index in [9.17, 15) is 18.0 Å². The highest BCUT2D eigenvalue weighted by Gasteiger charge is 2.19. The molecule has 7 nitrogen and oxygen atoms in total. The molecule has 0 N–H and O–H groups in total. The lowest BCUT2D eigenvalue weighted by molar-refractivity contribution is 0.0600. The Bertz CT molecular complexity index is 1280. The normalized spacial score (nSPS) is 12.5. The molecule has 0 saturated carbocycles. The number of hydrogen-bond acceptors (Lipinski definition) is 6. The van der Waals surface area contributed by atoms with Crippen LogP contribution in [0, 0.1) is 0 Å². The maximum Gasteiger partial charge on any atom is 0.337 e. The van der Waals surface area contributed by atoms with Crippen LogP contribution >= 0.6 is 11.3 Å². The van der Waals surface area contributed by atoms with Gasteiger partial charge in [-0.05, 0) is 63.2 Å². The van der Waals surface area contributed by atoms with Gasteiger partial charge in [0.25, 0.3) is 5.91 Å². The van der Waals surface area contributed by atoms with Gasteiger partial charge in [0.05, 0.1) is 33.0 Å². The molecule has 1 amide bonds. The minimum absolute atomic E-state index is 0.176. The standard InChI is InChI=1S/C21H22N2O5S2/c1-5-23-17-11-8-15(20(25)28-4)12-18(17)29-21(23)22-19(24)14-6-9-16(10-7-14)30(26,27)13(2)3/h6-13H,5H2,1-4H3. The number of methoxy groups -OCH3 is 1. The summed E-state index contributed by atoms with van der Waals surface area (Å²) in [5.74, 6) is -0.898. The number of aromatic nitrogens is 1. The largest absolute Gasteiger partial charge is 0.465 e. The lowest BCUT2D eigenvalue weighted by atomic mass is 10.2. The van der Waals surface area contributed by atoms with E-state index in [-0.39, 0.29) is 4.90 Å². The van der Waals surface area contributed by atoms with E-state index in [0.717, 1.165) is 10.2 Å². The third-order valence-electron chi connectivity index (χ3n) is 4.67. The van der Waals surface area contributed by atoms with Crippen LogP contribution < -0.4 is 4.80 Å². The molecule has 0 saturated heterocycles. The van der Waals surface area contributed by atoms with Crippen molar-refractivity contribution in [2.75, 3.05) is 7.11 Å². The smallest absolute Gasteiger partial charge is 0.337 e. The van der Waals surface area contributed by atoms with Crippen LogP contribution in [0.1, 0.15) is 41.5 Å². The summed E-state index contributed by atoms with van der Waals surface area (Å²) in [5, 5.41) is -0.541. The van der Waals surface area contributed by atoms with Crippen LogP contribution in [-0.4, -0.2) is 37.2 Å². The predicted molar refractivity (Wildman–Crippen MR) is 115 cm³/mol. The lowest BCUT2D eigenvalue weighted by Crippen LogP contribution is -2.16. The molecule has 0 aliphatic carbocycles. The van der Waals surface area contributed by atoms with Crippen molar-refractivity contribution in [3.05, 3.63) is 58.4 Å². The number of sulfone groups is 1. The number of aryl methyl sites for hydroxylation is 1. The van der Waals surface area contributed by atoms with Gasteiger partial charge in [-0.25, -0.2) is 13.2 Å². The van der Waals surface area contributed by atoms with Crippen molar-refractivity contribution >= 4 is 43.3 Å². The second-order valence-corrected chi connectivity index (χ2v) is 10.4. The molecule has 1 aromatic heterocycles. The summed E-state index contributed by atoms with van der Waals surface area (Å²) in [6.45, 7) is 5.76. The Balaban J connectivity index is 2.01. The summed E-state index contributed by atoms with van der Waals surface area (Å²) in [7, 11) is -2.08. The lowest BCUT2D eigenvalue weighted by Gasteiger charge is -2.07. The van der Waals surface area contributed by atoms with E-state index >= 15 is 0 Å². The molecule has 0 radical (unpaired) electrons. The number of carbonyl (C=O) groups excluding carboxylic acids is 2. The first-order valence-corrected chi connectivity index (χ1v) is 11.7. The number of fused-ring (bicyclic) bond motifs is 1. The minimum Gasteiger partial charge on any atom is -0.465 e. The fourth-order valence-electron chi connectivity index (χ4n) is 2.92. The second kappa shape index (κ2) is 8.53. The highest BCUT2D eigenvalue weighted by molar-refractivity contribution is 7.92. The number of thiazole rings is 1. The van der Waals surface area contributed by atoms with Crippen LogP contribution in [0.15, 0.2) is 52.4 Å². The second-order valence-electron chi connectivity index (χ2n) is 6.84. The average molecular weight is 447 g/mol. The van der Waals surface area contributed by atoms with Crippen molar-refractivity contribution < 1.29 is 22.7 Å². The van der Waals surface area contributed by atoms with E-state index < -0.39 is 27.0 Å². The molecule has 3 rings (SSSR count). The first-order chi connectivity index (χ1) is 14.2. The van der Waals surface area contributed by atoms with E-state index in [2.05, 4.69) is 4.99 Å². The van der Waals surface area contributed by atoms with Crippen molar-refractivity contribution in [1.82, 2.24) is 4.57 Å². The van der Waals surface area contributed by atoms with Crippen molar-refractivity contribution in [2.24, 2.45) is 4.99 Å². The number of hydrogen-bond donors (Lipinski definition) is 0. The number of amides is 1. The molecule has 0 unspecified atom stereocenters. The third kappa shape index (κ3) is 4.08. The molecule has 1 heterocycles. The minimum atomic E-state index is -3.40. The molecule has 158 valence electrons. The fourth-order valence-corrected chi connectivity index (χ4v) is 5.11. The quantitative estimate of drug-likeness (QED) is 0.560. The Morgan fingerprint density at radius 1 is 1.10 bits per heavy atom. The first kappa shape index (κ1) is 21.9. The van der Waals surface area contributed by atoms with Gasteiger partial charge in [-0.15, -0.1) is 0 Å². The zero-order valence-corrected chi connectivity index (χ0v) is 18.7. The van der Waals surface area contributed by atoms with E-state index in [1.807, 2.05) is 11.5 Å². The molecular formula is C21H22N2O5S2. The van der Waals surface area contributed by atoms with Crippen molar-refractivity contribution in [3.63, 3.8) is 0 Å². The number of esters is 1. The van der Waals surface area contributed by atoms with Gasteiger partial charge in [-0.1, -0.05) is 11.3 Å². The monoisotopic (exact) mass is 446 g/mol. The molecule has 3 aromatic rings. The number of nitrogens with zero attached hydrogens (tertiary/aromatic N) is 2. The van der Waals surface area contributed by atoms with Gasteiger partial charge in [0.1, 0.15) is 0 Å². The number of rotatable bonds is 5. The van der Waals surface area contributed by atoms with Gasteiger partial charge in [0.15, 0.2) is 14.6 Å². The van der Waals surface area contributed by atoms with Gasteiger partial charge < -0.3 is 9.30 Å². The molecule has 2 aromatic carbocycles. The van der Waals surface area contributed by atoms with Crippen LogP contribution in [0.4, 0.5) is 0 Å². The van der Waals surface area contributed by atoms with E-state index in [1.54, 1.807) is 32.0 Å². The maximum atomic E-state index is 12.7.